The van der Waals surface area contributed by atoms with Gasteiger partial charge in [0, 0.05) is 12.6 Å². The topological polar surface area (TPSA) is 43.3 Å². The number of nitrogens with two attached hydrogens (primary N) is 1. The molecule has 3 rings (SSSR count). The monoisotopic (exact) mass is 257 g/mol. The predicted molar refractivity (Wildman–Crippen MR) is 76.0 cm³/mol. The van der Waals surface area contributed by atoms with Crippen LogP contribution in [0.4, 0.5) is 0 Å². The van der Waals surface area contributed by atoms with Gasteiger partial charge in [-0.25, -0.2) is 4.98 Å². The molecular formula is C14H15N3S. The van der Waals surface area contributed by atoms with Crippen molar-refractivity contribution in [3.8, 4) is 10.6 Å². The molecule has 0 aliphatic rings. The Hall–Kier alpha value is -1.65. The fourth-order valence-corrected chi connectivity index (χ4v) is 2.92. The van der Waals surface area contributed by atoms with Crippen molar-refractivity contribution in [2.24, 2.45) is 5.73 Å². The Labute approximate surface area is 110 Å². The summed E-state index contributed by atoms with van der Waals surface area (Å²) >= 11 is 1.72. The molecule has 0 spiro atoms. The molecule has 3 heterocycles. The van der Waals surface area contributed by atoms with E-state index in [1.807, 2.05) is 0 Å². The number of imidazole rings is 1. The van der Waals surface area contributed by atoms with Crippen LogP contribution in [0.15, 0.2) is 35.8 Å². The molecule has 0 bridgehead atoms. The summed E-state index contributed by atoms with van der Waals surface area (Å²) in [7, 11) is 0. The molecule has 0 atom stereocenters. The van der Waals surface area contributed by atoms with Gasteiger partial charge in [-0.3, -0.25) is 0 Å². The third-order valence-corrected chi connectivity index (χ3v) is 3.88. The minimum Gasteiger partial charge on any atom is -0.330 e. The highest BCUT2D eigenvalue weighted by Crippen LogP contribution is 2.28. The standard InChI is InChI=1S/C14H15N3S/c1-10-4-5-13-16-14(12-3-2-8-18-12)11(6-7-15)17(13)9-10/h2-5,8-9H,6-7,15H2,1H3. The second-order valence-corrected chi connectivity index (χ2v) is 5.31. The summed E-state index contributed by atoms with van der Waals surface area (Å²) in [6, 6.07) is 8.32. The Morgan fingerprint density at radius 1 is 1.33 bits per heavy atom. The van der Waals surface area contributed by atoms with Crippen LogP contribution in [0.1, 0.15) is 11.3 Å². The first-order valence-corrected chi connectivity index (χ1v) is 6.89. The Morgan fingerprint density at radius 3 is 2.94 bits per heavy atom. The highest BCUT2D eigenvalue weighted by Gasteiger charge is 2.13. The predicted octanol–water partition coefficient (Wildman–Crippen LogP) is 2.87. The Balaban J connectivity index is 2.27. The molecule has 3 nitrogen and oxygen atoms in total. The molecule has 0 saturated heterocycles. The molecule has 0 amide bonds. The van der Waals surface area contributed by atoms with E-state index in [1.165, 1.54) is 16.1 Å². The van der Waals surface area contributed by atoms with Crippen LogP contribution in [0.5, 0.6) is 0 Å². The molecule has 0 aromatic carbocycles. The number of aromatic nitrogens is 2. The highest BCUT2D eigenvalue weighted by atomic mass is 32.1. The molecule has 0 radical (unpaired) electrons. The number of rotatable bonds is 3. The second kappa shape index (κ2) is 4.55. The quantitative estimate of drug-likeness (QED) is 0.784. The summed E-state index contributed by atoms with van der Waals surface area (Å²) in [5.41, 5.74) is 10.2. The number of thiophene rings is 1. The van der Waals surface area contributed by atoms with Gasteiger partial charge in [-0.2, -0.15) is 0 Å². The number of hydrogen-bond donors (Lipinski definition) is 1. The van der Waals surface area contributed by atoms with Crippen LogP contribution in [0.2, 0.25) is 0 Å². The van der Waals surface area contributed by atoms with Gasteiger partial charge in [0.2, 0.25) is 0 Å². The van der Waals surface area contributed by atoms with Crippen LogP contribution in [-0.2, 0) is 6.42 Å². The van der Waals surface area contributed by atoms with Gasteiger partial charge >= 0.3 is 0 Å². The van der Waals surface area contributed by atoms with E-state index in [4.69, 9.17) is 10.7 Å². The molecule has 3 aromatic rings. The zero-order valence-electron chi connectivity index (χ0n) is 10.3. The fraction of sp³-hybridized carbons (Fsp3) is 0.214. The maximum Gasteiger partial charge on any atom is 0.137 e. The number of pyridine rings is 1. The second-order valence-electron chi connectivity index (χ2n) is 4.36. The third kappa shape index (κ3) is 1.83. The summed E-state index contributed by atoms with van der Waals surface area (Å²) in [5, 5.41) is 2.08. The Bertz CT molecular complexity index is 668. The molecule has 92 valence electrons. The van der Waals surface area contributed by atoms with Gasteiger partial charge in [-0.15, -0.1) is 11.3 Å². The lowest BCUT2D eigenvalue weighted by Crippen LogP contribution is -2.06. The molecular weight excluding hydrogens is 242 g/mol. The molecule has 18 heavy (non-hydrogen) atoms. The van der Waals surface area contributed by atoms with Gasteiger partial charge in [-0.1, -0.05) is 12.1 Å². The average Bonchev–Trinajstić information content (AvgIpc) is 2.98. The average molecular weight is 257 g/mol. The van der Waals surface area contributed by atoms with E-state index >= 15 is 0 Å². The minimum atomic E-state index is 0.639. The van der Waals surface area contributed by atoms with Crippen molar-refractivity contribution >= 4 is 17.0 Å². The molecule has 0 aliphatic heterocycles. The van der Waals surface area contributed by atoms with Crippen molar-refractivity contribution in [2.45, 2.75) is 13.3 Å². The molecule has 0 fully saturated rings. The lowest BCUT2D eigenvalue weighted by molar-refractivity contribution is 0.905. The van der Waals surface area contributed by atoms with Gasteiger partial charge in [0.25, 0.3) is 0 Å². The largest absolute Gasteiger partial charge is 0.330 e. The van der Waals surface area contributed by atoms with Gasteiger partial charge in [0.1, 0.15) is 11.3 Å². The van der Waals surface area contributed by atoms with E-state index in [2.05, 4.69) is 47.2 Å². The van der Waals surface area contributed by atoms with Crippen molar-refractivity contribution in [2.75, 3.05) is 6.54 Å². The van der Waals surface area contributed by atoms with E-state index < -0.39 is 0 Å². The van der Waals surface area contributed by atoms with Crippen molar-refractivity contribution in [3.05, 3.63) is 47.1 Å². The summed E-state index contributed by atoms with van der Waals surface area (Å²) in [5.74, 6) is 0. The summed E-state index contributed by atoms with van der Waals surface area (Å²) in [4.78, 5) is 5.94. The fourth-order valence-electron chi connectivity index (χ4n) is 2.19. The lowest BCUT2D eigenvalue weighted by atomic mass is 10.2. The number of aryl methyl sites for hydroxylation is 1. The van der Waals surface area contributed by atoms with E-state index in [-0.39, 0.29) is 0 Å². The molecule has 2 N–H and O–H groups in total. The van der Waals surface area contributed by atoms with Gasteiger partial charge < -0.3 is 10.1 Å². The first-order valence-electron chi connectivity index (χ1n) is 6.01. The third-order valence-electron chi connectivity index (χ3n) is 3.00. The van der Waals surface area contributed by atoms with Crippen molar-refractivity contribution in [1.29, 1.82) is 0 Å². The molecule has 0 unspecified atom stereocenters. The number of hydrogen-bond acceptors (Lipinski definition) is 3. The van der Waals surface area contributed by atoms with Crippen LogP contribution < -0.4 is 5.73 Å². The normalized spacial score (nSPS) is 11.2. The summed E-state index contributed by atoms with van der Waals surface area (Å²) in [6.45, 7) is 2.73. The van der Waals surface area contributed by atoms with Gasteiger partial charge in [0.05, 0.1) is 10.6 Å². The summed E-state index contributed by atoms with van der Waals surface area (Å²) in [6.07, 6.45) is 2.97. The minimum absolute atomic E-state index is 0.639. The lowest BCUT2D eigenvalue weighted by Gasteiger charge is -2.03. The van der Waals surface area contributed by atoms with Crippen LogP contribution in [0, 0.1) is 6.92 Å². The maximum atomic E-state index is 5.73. The Morgan fingerprint density at radius 2 is 2.22 bits per heavy atom. The van der Waals surface area contributed by atoms with Crippen LogP contribution in [0.3, 0.4) is 0 Å². The highest BCUT2D eigenvalue weighted by molar-refractivity contribution is 7.13. The smallest absolute Gasteiger partial charge is 0.137 e. The Kier molecular flexibility index (Phi) is 2.89. The van der Waals surface area contributed by atoms with E-state index in [0.717, 1.165) is 17.8 Å². The molecule has 4 heteroatoms. The maximum absolute atomic E-state index is 5.73. The zero-order chi connectivity index (χ0) is 12.5. The SMILES string of the molecule is Cc1ccc2nc(-c3cccs3)c(CCN)n2c1. The van der Waals surface area contributed by atoms with Crippen molar-refractivity contribution in [1.82, 2.24) is 9.38 Å². The summed E-state index contributed by atoms with van der Waals surface area (Å²) < 4.78 is 2.16. The van der Waals surface area contributed by atoms with Crippen LogP contribution in [0.25, 0.3) is 16.2 Å². The van der Waals surface area contributed by atoms with Crippen LogP contribution in [-0.4, -0.2) is 15.9 Å². The van der Waals surface area contributed by atoms with Crippen LogP contribution >= 0.6 is 11.3 Å². The van der Waals surface area contributed by atoms with E-state index in [9.17, 15) is 0 Å². The molecule has 0 aliphatic carbocycles. The molecule has 0 saturated carbocycles. The van der Waals surface area contributed by atoms with E-state index in [1.54, 1.807) is 11.3 Å². The first kappa shape index (κ1) is 11.4. The van der Waals surface area contributed by atoms with Crippen molar-refractivity contribution in [3.63, 3.8) is 0 Å². The number of nitrogens with zero attached hydrogens (tertiary/aromatic N) is 2. The van der Waals surface area contributed by atoms with Gasteiger partial charge in [0.15, 0.2) is 0 Å². The van der Waals surface area contributed by atoms with Gasteiger partial charge in [-0.05, 0) is 36.5 Å². The zero-order valence-corrected chi connectivity index (χ0v) is 11.1. The molecule has 3 aromatic heterocycles. The van der Waals surface area contributed by atoms with E-state index in [0.29, 0.717) is 6.54 Å². The van der Waals surface area contributed by atoms with Crippen molar-refractivity contribution < 1.29 is 0 Å². The number of fused-ring (bicyclic) bond motifs is 1. The first-order chi connectivity index (χ1) is 8.79.